The van der Waals surface area contributed by atoms with Crippen LogP contribution in [0.15, 0.2) is 24.3 Å². The average molecular weight is 233 g/mol. The molecule has 1 N–H and O–H groups in total. The molecule has 3 heteroatoms. The third-order valence-corrected chi connectivity index (χ3v) is 3.89. The predicted octanol–water partition coefficient (Wildman–Crippen LogP) is 2.81. The number of rotatable bonds is 3. The van der Waals surface area contributed by atoms with Crippen LogP contribution in [0.2, 0.25) is 0 Å². The van der Waals surface area contributed by atoms with E-state index in [1.807, 2.05) is 0 Å². The van der Waals surface area contributed by atoms with Crippen LogP contribution in [0.4, 0.5) is 4.39 Å². The molecular formula is C14H16FNO. The quantitative estimate of drug-likeness (QED) is 0.872. The lowest BCUT2D eigenvalue weighted by atomic mass is 9.58. The molecule has 2 rings (SSSR count). The van der Waals surface area contributed by atoms with E-state index in [2.05, 4.69) is 6.07 Å². The number of hydrogen-bond donors (Lipinski definition) is 1. The first kappa shape index (κ1) is 12.1. The Morgan fingerprint density at radius 3 is 2.71 bits per heavy atom. The highest BCUT2D eigenvalue weighted by Crippen LogP contribution is 2.49. The van der Waals surface area contributed by atoms with Gasteiger partial charge in [0.1, 0.15) is 5.82 Å². The van der Waals surface area contributed by atoms with E-state index >= 15 is 0 Å². The monoisotopic (exact) mass is 233 g/mol. The van der Waals surface area contributed by atoms with Gasteiger partial charge in [0.15, 0.2) is 0 Å². The van der Waals surface area contributed by atoms with Crippen LogP contribution in [0.1, 0.15) is 31.7 Å². The second-order valence-corrected chi connectivity index (χ2v) is 5.13. The smallest absolute Gasteiger partial charge is 0.123 e. The van der Waals surface area contributed by atoms with Gasteiger partial charge in [-0.15, -0.1) is 0 Å². The van der Waals surface area contributed by atoms with E-state index in [-0.39, 0.29) is 5.82 Å². The Kier molecular flexibility index (Phi) is 2.92. The molecule has 0 amide bonds. The maximum Gasteiger partial charge on any atom is 0.123 e. The van der Waals surface area contributed by atoms with E-state index in [0.717, 1.165) is 24.8 Å². The number of nitrogens with zero attached hydrogens (tertiary/aromatic N) is 1. The Bertz CT molecular complexity index is 458. The Morgan fingerprint density at radius 1 is 1.53 bits per heavy atom. The average Bonchev–Trinajstić information content (AvgIpc) is 2.14. The summed E-state index contributed by atoms with van der Waals surface area (Å²) in [7, 11) is 0. The summed E-state index contributed by atoms with van der Waals surface area (Å²) in [6.07, 6.45) is 2.75. The number of hydrogen-bond acceptors (Lipinski definition) is 2. The highest BCUT2D eigenvalue weighted by molar-refractivity contribution is 5.23. The van der Waals surface area contributed by atoms with E-state index in [1.165, 1.54) is 12.1 Å². The van der Waals surface area contributed by atoms with Crippen molar-refractivity contribution in [2.45, 2.75) is 38.2 Å². The third-order valence-electron chi connectivity index (χ3n) is 3.89. The summed E-state index contributed by atoms with van der Waals surface area (Å²) < 4.78 is 13.1. The van der Waals surface area contributed by atoms with Crippen molar-refractivity contribution in [3.63, 3.8) is 0 Å². The van der Waals surface area contributed by atoms with Gasteiger partial charge < -0.3 is 5.11 Å². The molecule has 0 aromatic heterocycles. The molecule has 0 spiro atoms. The SMILES string of the molecule is CC(O)(Cc1cccc(F)c1)C1(C#N)CCC1. The lowest BCUT2D eigenvalue weighted by Crippen LogP contribution is -2.51. The molecule has 90 valence electrons. The highest BCUT2D eigenvalue weighted by Gasteiger charge is 2.51. The summed E-state index contributed by atoms with van der Waals surface area (Å²) in [6, 6.07) is 8.44. The first-order valence-corrected chi connectivity index (χ1v) is 5.87. The van der Waals surface area contributed by atoms with Crippen molar-refractivity contribution in [1.82, 2.24) is 0 Å². The second-order valence-electron chi connectivity index (χ2n) is 5.13. The van der Waals surface area contributed by atoms with Crippen LogP contribution in [0.3, 0.4) is 0 Å². The van der Waals surface area contributed by atoms with Crippen LogP contribution < -0.4 is 0 Å². The molecule has 2 nitrogen and oxygen atoms in total. The fraction of sp³-hybridized carbons (Fsp3) is 0.500. The maximum absolute atomic E-state index is 13.1. The zero-order chi connectivity index (χ0) is 12.5. The van der Waals surface area contributed by atoms with Crippen molar-refractivity contribution in [3.05, 3.63) is 35.6 Å². The molecule has 0 radical (unpaired) electrons. The largest absolute Gasteiger partial charge is 0.388 e. The van der Waals surface area contributed by atoms with Gasteiger partial charge in [-0.2, -0.15) is 5.26 Å². The van der Waals surface area contributed by atoms with E-state index in [0.29, 0.717) is 6.42 Å². The number of benzene rings is 1. The van der Waals surface area contributed by atoms with Gasteiger partial charge in [0.2, 0.25) is 0 Å². The minimum Gasteiger partial charge on any atom is -0.388 e. The normalized spacial score (nSPS) is 21.1. The molecule has 1 fully saturated rings. The van der Waals surface area contributed by atoms with Crippen molar-refractivity contribution in [3.8, 4) is 6.07 Å². The summed E-state index contributed by atoms with van der Waals surface area (Å²) in [5.74, 6) is -0.307. The fourth-order valence-corrected chi connectivity index (χ4v) is 2.51. The topological polar surface area (TPSA) is 44.0 Å². The lowest BCUT2D eigenvalue weighted by molar-refractivity contribution is -0.0790. The Labute approximate surface area is 101 Å². The number of halogens is 1. The van der Waals surface area contributed by atoms with Crippen LogP contribution in [0.5, 0.6) is 0 Å². The van der Waals surface area contributed by atoms with Crippen molar-refractivity contribution in [1.29, 1.82) is 5.26 Å². The first-order chi connectivity index (χ1) is 7.99. The van der Waals surface area contributed by atoms with Crippen LogP contribution >= 0.6 is 0 Å². The van der Waals surface area contributed by atoms with Gasteiger partial charge in [0.25, 0.3) is 0 Å². The summed E-state index contributed by atoms with van der Waals surface area (Å²) >= 11 is 0. The summed E-state index contributed by atoms with van der Waals surface area (Å²) in [4.78, 5) is 0. The van der Waals surface area contributed by atoms with Gasteiger partial charge >= 0.3 is 0 Å². The number of aliphatic hydroxyl groups is 1. The molecule has 1 unspecified atom stereocenters. The molecule has 1 aromatic rings. The van der Waals surface area contributed by atoms with Crippen LogP contribution in [0.25, 0.3) is 0 Å². The Hall–Kier alpha value is -1.40. The molecule has 1 atom stereocenters. The molecule has 1 aliphatic rings. The van der Waals surface area contributed by atoms with Gasteiger partial charge in [-0.1, -0.05) is 18.6 Å². The molecule has 0 bridgehead atoms. The van der Waals surface area contributed by atoms with Gasteiger partial charge in [-0.25, -0.2) is 4.39 Å². The molecule has 0 saturated heterocycles. The Morgan fingerprint density at radius 2 is 2.24 bits per heavy atom. The molecule has 1 aromatic carbocycles. The summed E-state index contributed by atoms with van der Waals surface area (Å²) in [5, 5.41) is 19.7. The first-order valence-electron chi connectivity index (χ1n) is 5.87. The van der Waals surface area contributed by atoms with E-state index in [9.17, 15) is 14.8 Å². The van der Waals surface area contributed by atoms with Crippen LogP contribution in [-0.4, -0.2) is 10.7 Å². The maximum atomic E-state index is 13.1. The minimum atomic E-state index is -1.09. The predicted molar refractivity (Wildman–Crippen MR) is 62.6 cm³/mol. The van der Waals surface area contributed by atoms with Gasteiger partial charge in [0, 0.05) is 6.42 Å². The van der Waals surface area contributed by atoms with Gasteiger partial charge in [-0.05, 0) is 37.5 Å². The molecule has 17 heavy (non-hydrogen) atoms. The van der Waals surface area contributed by atoms with Gasteiger partial charge in [0.05, 0.1) is 17.1 Å². The lowest BCUT2D eigenvalue weighted by Gasteiger charge is -2.46. The zero-order valence-corrected chi connectivity index (χ0v) is 9.91. The van der Waals surface area contributed by atoms with Gasteiger partial charge in [-0.3, -0.25) is 0 Å². The van der Waals surface area contributed by atoms with Crippen molar-refractivity contribution in [2.75, 3.05) is 0 Å². The summed E-state index contributed by atoms with van der Waals surface area (Å²) in [6.45, 7) is 1.68. The van der Waals surface area contributed by atoms with Crippen molar-refractivity contribution < 1.29 is 9.50 Å². The van der Waals surface area contributed by atoms with E-state index in [1.54, 1.807) is 19.1 Å². The standard InChI is InChI=1S/C14H16FNO/c1-13(17,14(10-16)6-3-7-14)9-11-4-2-5-12(15)8-11/h2,4-5,8,17H,3,6-7,9H2,1H3. The third kappa shape index (κ3) is 2.05. The van der Waals surface area contributed by atoms with Crippen molar-refractivity contribution in [2.24, 2.45) is 5.41 Å². The molecular weight excluding hydrogens is 217 g/mol. The van der Waals surface area contributed by atoms with Crippen LogP contribution in [-0.2, 0) is 6.42 Å². The highest BCUT2D eigenvalue weighted by atomic mass is 19.1. The molecule has 0 aliphatic heterocycles. The minimum absolute atomic E-state index is 0.307. The number of nitriles is 1. The zero-order valence-electron chi connectivity index (χ0n) is 9.91. The van der Waals surface area contributed by atoms with Crippen molar-refractivity contribution >= 4 is 0 Å². The van der Waals surface area contributed by atoms with E-state index < -0.39 is 11.0 Å². The second kappa shape index (κ2) is 4.12. The molecule has 1 aliphatic carbocycles. The Balaban J connectivity index is 2.20. The van der Waals surface area contributed by atoms with Crippen LogP contribution in [0, 0.1) is 22.6 Å². The van der Waals surface area contributed by atoms with E-state index in [4.69, 9.17) is 0 Å². The molecule has 0 heterocycles. The fourth-order valence-electron chi connectivity index (χ4n) is 2.51. The molecule has 1 saturated carbocycles. The summed E-state index contributed by atoms with van der Waals surface area (Å²) in [5.41, 5.74) is -1.01.